The van der Waals surface area contributed by atoms with Crippen LogP contribution in [0.2, 0.25) is 0 Å². The predicted molar refractivity (Wildman–Crippen MR) is 68.9 cm³/mol. The molecule has 0 fully saturated rings. The molecule has 2 N–H and O–H groups in total. The standard InChI is InChI=1S/C12H13N3OS/c16-11(15-9-12-13-6-7-17-12)8-14-10-4-2-1-3-5-10/h1-7,14H,8-9H2,(H,15,16). The van der Waals surface area contributed by atoms with E-state index in [1.54, 1.807) is 6.20 Å². The number of carbonyl (C=O) groups is 1. The molecule has 4 nitrogen and oxygen atoms in total. The Balaban J connectivity index is 1.71. The molecule has 1 aromatic heterocycles. The van der Waals surface area contributed by atoms with Gasteiger partial charge in [-0.2, -0.15) is 0 Å². The summed E-state index contributed by atoms with van der Waals surface area (Å²) in [5.74, 6) is -0.0379. The Morgan fingerprint density at radius 3 is 2.82 bits per heavy atom. The quantitative estimate of drug-likeness (QED) is 0.848. The van der Waals surface area contributed by atoms with Crippen molar-refractivity contribution in [2.75, 3.05) is 11.9 Å². The van der Waals surface area contributed by atoms with Gasteiger partial charge in [0.2, 0.25) is 5.91 Å². The molecule has 2 aromatic rings. The number of rotatable bonds is 5. The van der Waals surface area contributed by atoms with E-state index in [-0.39, 0.29) is 12.5 Å². The van der Waals surface area contributed by atoms with E-state index in [2.05, 4.69) is 15.6 Å². The lowest BCUT2D eigenvalue weighted by molar-refractivity contribution is -0.119. The van der Waals surface area contributed by atoms with Crippen molar-refractivity contribution in [1.29, 1.82) is 0 Å². The Labute approximate surface area is 104 Å². The fourth-order valence-corrected chi connectivity index (χ4v) is 1.87. The highest BCUT2D eigenvalue weighted by molar-refractivity contribution is 7.09. The van der Waals surface area contributed by atoms with E-state index < -0.39 is 0 Å². The van der Waals surface area contributed by atoms with Crippen LogP contribution in [0.5, 0.6) is 0 Å². The molecule has 0 aliphatic rings. The van der Waals surface area contributed by atoms with Gasteiger partial charge in [-0.15, -0.1) is 11.3 Å². The Hall–Kier alpha value is -1.88. The van der Waals surface area contributed by atoms with Gasteiger partial charge in [-0.05, 0) is 12.1 Å². The lowest BCUT2D eigenvalue weighted by atomic mass is 10.3. The van der Waals surface area contributed by atoms with Crippen LogP contribution in [0.25, 0.3) is 0 Å². The smallest absolute Gasteiger partial charge is 0.239 e. The summed E-state index contributed by atoms with van der Waals surface area (Å²) in [4.78, 5) is 15.6. The van der Waals surface area contributed by atoms with Gasteiger partial charge in [0.15, 0.2) is 0 Å². The third-order valence-corrected chi connectivity index (χ3v) is 2.93. The molecule has 17 heavy (non-hydrogen) atoms. The Morgan fingerprint density at radius 2 is 2.12 bits per heavy atom. The van der Waals surface area contributed by atoms with Crippen LogP contribution in [0.3, 0.4) is 0 Å². The van der Waals surface area contributed by atoms with Crippen LogP contribution in [0.15, 0.2) is 41.9 Å². The monoisotopic (exact) mass is 247 g/mol. The van der Waals surface area contributed by atoms with Gasteiger partial charge in [0.1, 0.15) is 5.01 Å². The average molecular weight is 247 g/mol. The Kier molecular flexibility index (Phi) is 4.10. The van der Waals surface area contributed by atoms with Gasteiger partial charge >= 0.3 is 0 Å². The minimum absolute atomic E-state index is 0.0379. The van der Waals surface area contributed by atoms with Crippen molar-refractivity contribution in [2.45, 2.75) is 6.54 Å². The molecule has 1 amide bonds. The second kappa shape index (κ2) is 6.00. The van der Waals surface area contributed by atoms with Crippen molar-refractivity contribution in [2.24, 2.45) is 0 Å². The Morgan fingerprint density at radius 1 is 1.29 bits per heavy atom. The summed E-state index contributed by atoms with van der Waals surface area (Å²) in [5.41, 5.74) is 0.942. The van der Waals surface area contributed by atoms with Crippen molar-refractivity contribution in [3.63, 3.8) is 0 Å². The zero-order valence-corrected chi connectivity index (χ0v) is 10.0. The number of aromatic nitrogens is 1. The lowest BCUT2D eigenvalue weighted by Gasteiger charge is -2.06. The van der Waals surface area contributed by atoms with Crippen LogP contribution in [0, 0.1) is 0 Å². The SMILES string of the molecule is O=C(CNc1ccccc1)NCc1nccs1. The molecule has 0 aliphatic carbocycles. The number of hydrogen-bond donors (Lipinski definition) is 2. The predicted octanol–water partition coefficient (Wildman–Crippen LogP) is 1.87. The van der Waals surface area contributed by atoms with Crippen LogP contribution in [0.1, 0.15) is 5.01 Å². The first kappa shape index (κ1) is 11.6. The van der Waals surface area contributed by atoms with Crippen molar-refractivity contribution < 1.29 is 4.79 Å². The van der Waals surface area contributed by atoms with Crippen LogP contribution in [-0.2, 0) is 11.3 Å². The van der Waals surface area contributed by atoms with Gasteiger partial charge in [0, 0.05) is 17.3 Å². The molecule has 0 spiro atoms. The zero-order chi connectivity index (χ0) is 11.9. The van der Waals surface area contributed by atoms with Crippen molar-refractivity contribution in [3.05, 3.63) is 46.9 Å². The van der Waals surface area contributed by atoms with Gasteiger partial charge in [-0.1, -0.05) is 18.2 Å². The number of amides is 1. The number of benzene rings is 1. The van der Waals surface area contributed by atoms with Crippen LogP contribution in [0.4, 0.5) is 5.69 Å². The largest absolute Gasteiger partial charge is 0.376 e. The molecule has 0 unspecified atom stereocenters. The molecule has 0 aliphatic heterocycles. The molecular weight excluding hydrogens is 234 g/mol. The molecule has 88 valence electrons. The number of carbonyl (C=O) groups excluding carboxylic acids is 1. The molecule has 0 saturated heterocycles. The van der Waals surface area contributed by atoms with Gasteiger partial charge in [-0.25, -0.2) is 4.98 Å². The highest BCUT2D eigenvalue weighted by atomic mass is 32.1. The molecule has 2 rings (SSSR count). The number of hydrogen-bond acceptors (Lipinski definition) is 4. The van der Waals surface area contributed by atoms with E-state index in [9.17, 15) is 4.79 Å². The maximum Gasteiger partial charge on any atom is 0.239 e. The van der Waals surface area contributed by atoms with Crippen molar-refractivity contribution in [1.82, 2.24) is 10.3 Å². The lowest BCUT2D eigenvalue weighted by Crippen LogP contribution is -2.29. The summed E-state index contributed by atoms with van der Waals surface area (Å²) in [6.45, 7) is 0.766. The molecule has 0 atom stereocenters. The molecule has 1 heterocycles. The first-order chi connectivity index (χ1) is 8.34. The van der Waals surface area contributed by atoms with Crippen LogP contribution >= 0.6 is 11.3 Å². The topological polar surface area (TPSA) is 54.0 Å². The molecule has 5 heteroatoms. The fourth-order valence-electron chi connectivity index (χ4n) is 1.32. The average Bonchev–Trinajstić information content (AvgIpc) is 2.88. The maximum absolute atomic E-state index is 11.5. The van der Waals surface area contributed by atoms with E-state index >= 15 is 0 Å². The number of nitrogens with one attached hydrogen (secondary N) is 2. The van der Waals surface area contributed by atoms with Gasteiger partial charge in [-0.3, -0.25) is 4.79 Å². The van der Waals surface area contributed by atoms with E-state index in [1.165, 1.54) is 11.3 Å². The molecule has 0 saturated carbocycles. The normalized spacial score (nSPS) is 9.88. The summed E-state index contributed by atoms with van der Waals surface area (Å²) in [7, 11) is 0. The second-order valence-corrected chi connectivity index (χ2v) is 4.40. The van der Waals surface area contributed by atoms with Gasteiger partial charge in [0.25, 0.3) is 0 Å². The summed E-state index contributed by atoms with van der Waals surface area (Å²) < 4.78 is 0. The first-order valence-corrected chi connectivity index (χ1v) is 6.16. The molecule has 0 bridgehead atoms. The number of thiazole rings is 1. The first-order valence-electron chi connectivity index (χ1n) is 5.28. The van der Waals surface area contributed by atoms with Crippen LogP contribution in [-0.4, -0.2) is 17.4 Å². The summed E-state index contributed by atoms with van der Waals surface area (Å²) in [6, 6.07) is 9.64. The maximum atomic E-state index is 11.5. The second-order valence-electron chi connectivity index (χ2n) is 3.42. The third kappa shape index (κ3) is 3.88. The zero-order valence-electron chi connectivity index (χ0n) is 9.22. The minimum atomic E-state index is -0.0379. The fraction of sp³-hybridized carbons (Fsp3) is 0.167. The van der Waals surface area contributed by atoms with E-state index in [4.69, 9.17) is 0 Å². The van der Waals surface area contributed by atoms with Crippen LogP contribution < -0.4 is 10.6 Å². The van der Waals surface area contributed by atoms with Gasteiger partial charge < -0.3 is 10.6 Å². The van der Waals surface area contributed by atoms with Crippen molar-refractivity contribution >= 4 is 22.9 Å². The summed E-state index contributed by atoms with van der Waals surface area (Å²) >= 11 is 1.53. The highest BCUT2D eigenvalue weighted by Crippen LogP contribution is 2.04. The van der Waals surface area contributed by atoms with E-state index in [0.717, 1.165) is 10.7 Å². The van der Waals surface area contributed by atoms with E-state index in [0.29, 0.717) is 6.54 Å². The number of anilines is 1. The summed E-state index contributed by atoms with van der Waals surface area (Å²) in [5, 5.41) is 8.65. The number of nitrogens with zero attached hydrogens (tertiary/aromatic N) is 1. The summed E-state index contributed by atoms with van der Waals surface area (Å²) in [6.07, 6.45) is 1.73. The minimum Gasteiger partial charge on any atom is -0.376 e. The molecular formula is C12H13N3OS. The number of para-hydroxylation sites is 1. The molecule has 0 radical (unpaired) electrons. The molecule has 1 aromatic carbocycles. The van der Waals surface area contributed by atoms with E-state index in [1.807, 2.05) is 35.7 Å². The van der Waals surface area contributed by atoms with Crippen molar-refractivity contribution in [3.8, 4) is 0 Å². The highest BCUT2D eigenvalue weighted by Gasteiger charge is 2.01. The third-order valence-electron chi connectivity index (χ3n) is 2.15. The Bertz CT molecular complexity index is 456. The van der Waals surface area contributed by atoms with Gasteiger partial charge in [0.05, 0.1) is 13.1 Å².